The van der Waals surface area contributed by atoms with Crippen molar-refractivity contribution in [1.29, 1.82) is 0 Å². The molecular weight excluding hydrogens is 527 g/mol. The molecule has 0 unspecified atom stereocenters. The standard InChI is InChI=1S/C29H24F3N3O5/c1-4-8-19-13-18(14-24(38-2)26(19)40-17-25(36)39-3)16-33-35-27(20-9-7-10-21(15-20)29(30,31)32)34-23-12-6-5-11-22(23)28(35)37/h4-7,9-16H,1,8,17H2,2-3H3. The van der Waals surface area contributed by atoms with Crippen LogP contribution in [0.2, 0.25) is 0 Å². The monoisotopic (exact) mass is 551 g/mol. The third-order valence-electron chi connectivity index (χ3n) is 5.82. The summed E-state index contributed by atoms with van der Waals surface area (Å²) in [7, 11) is 2.66. The molecule has 0 aliphatic heterocycles. The van der Waals surface area contributed by atoms with E-state index in [2.05, 4.69) is 21.4 Å². The first-order valence-corrected chi connectivity index (χ1v) is 11.9. The molecule has 0 saturated carbocycles. The number of fused-ring (bicyclic) bond motifs is 1. The van der Waals surface area contributed by atoms with E-state index in [0.29, 0.717) is 28.8 Å². The smallest absolute Gasteiger partial charge is 0.416 e. The highest BCUT2D eigenvalue weighted by molar-refractivity contribution is 5.83. The van der Waals surface area contributed by atoms with Gasteiger partial charge >= 0.3 is 12.1 Å². The Balaban J connectivity index is 1.86. The highest BCUT2D eigenvalue weighted by atomic mass is 19.4. The summed E-state index contributed by atoms with van der Waals surface area (Å²) in [5, 5.41) is 4.57. The molecule has 0 N–H and O–H groups in total. The largest absolute Gasteiger partial charge is 0.493 e. The summed E-state index contributed by atoms with van der Waals surface area (Å²) in [6, 6.07) is 14.3. The van der Waals surface area contributed by atoms with Crippen LogP contribution in [-0.2, 0) is 22.1 Å². The molecule has 0 aliphatic rings. The molecule has 4 aromatic rings. The second-order valence-corrected chi connectivity index (χ2v) is 8.46. The van der Waals surface area contributed by atoms with Gasteiger partial charge in [-0.15, -0.1) is 6.58 Å². The van der Waals surface area contributed by atoms with Gasteiger partial charge in [0, 0.05) is 11.1 Å². The number of para-hydroxylation sites is 1. The van der Waals surface area contributed by atoms with Crippen LogP contribution >= 0.6 is 0 Å². The zero-order valence-electron chi connectivity index (χ0n) is 21.6. The van der Waals surface area contributed by atoms with Crippen molar-refractivity contribution in [2.45, 2.75) is 12.6 Å². The lowest BCUT2D eigenvalue weighted by Crippen LogP contribution is -2.20. The summed E-state index contributed by atoms with van der Waals surface area (Å²) in [4.78, 5) is 29.5. The van der Waals surface area contributed by atoms with Gasteiger partial charge in [-0.2, -0.15) is 22.9 Å². The molecule has 40 heavy (non-hydrogen) atoms. The van der Waals surface area contributed by atoms with Crippen molar-refractivity contribution in [3.05, 3.63) is 100 Å². The number of carbonyl (C=O) groups is 1. The first kappa shape index (κ1) is 28.1. The first-order valence-electron chi connectivity index (χ1n) is 11.9. The van der Waals surface area contributed by atoms with Gasteiger partial charge in [-0.3, -0.25) is 4.79 Å². The van der Waals surface area contributed by atoms with Gasteiger partial charge < -0.3 is 14.2 Å². The van der Waals surface area contributed by atoms with Gasteiger partial charge in [0.25, 0.3) is 5.56 Å². The van der Waals surface area contributed by atoms with E-state index in [9.17, 15) is 22.8 Å². The fourth-order valence-corrected chi connectivity index (χ4v) is 3.95. The summed E-state index contributed by atoms with van der Waals surface area (Å²) in [6.07, 6.45) is -1.25. The molecule has 0 bridgehead atoms. The van der Waals surface area contributed by atoms with Crippen LogP contribution in [0.3, 0.4) is 0 Å². The quantitative estimate of drug-likeness (QED) is 0.160. The molecule has 11 heteroatoms. The Morgan fingerprint density at radius 3 is 2.58 bits per heavy atom. The second kappa shape index (κ2) is 11.9. The SMILES string of the molecule is C=CCc1cc(C=Nn2c(-c3cccc(C(F)(F)F)c3)nc3ccccc3c2=O)cc(OC)c1OCC(=O)OC. The van der Waals surface area contributed by atoms with Gasteiger partial charge in [-0.25, -0.2) is 9.78 Å². The average molecular weight is 552 g/mol. The summed E-state index contributed by atoms with van der Waals surface area (Å²) >= 11 is 0. The number of nitrogens with zero attached hydrogens (tertiary/aromatic N) is 3. The van der Waals surface area contributed by atoms with Crippen molar-refractivity contribution in [2.75, 3.05) is 20.8 Å². The molecule has 3 aromatic carbocycles. The predicted octanol–water partition coefficient (Wildman–Crippen LogP) is 5.25. The van der Waals surface area contributed by atoms with Crippen molar-refractivity contribution in [3.8, 4) is 22.9 Å². The maximum absolute atomic E-state index is 13.4. The van der Waals surface area contributed by atoms with Crippen LogP contribution in [0.4, 0.5) is 13.2 Å². The topological polar surface area (TPSA) is 92.0 Å². The summed E-state index contributed by atoms with van der Waals surface area (Å²) in [6.45, 7) is 3.40. The number of methoxy groups -OCH3 is 2. The third-order valence-corrected chi connectivity index (χ3v) is 5.82. The van der Waals surface area contributed by atoms with E-state index >= 15 is 0 Å². The van der Waals surface area contributed by atoms with Crippen molar-refractivity contribution in [3.63, 3.8) is 0 Å². The Labute approximate surface area is 226 Å². The van der Waals surface area contributed by atoms with E-state index in [-0.39, 0.29) is 29.1 Å². The van der Waals surface area contributed by atoms with Crippen LogP contribution in [0.15, 0.2) is 83.2 Å². The van der Waals surface area contributed by atoms with Crippen LogP contribution in [-0.4, -0.2) is 42.7 Å². The molecule has 4 rings (SSSR count). The molecule has 0 amide bonds. The van der Waals surface area contributed by atoms with E-state index in [1.807, 2.05) is 0 Å². The zero-order valence-corrected chi connectivity index (χ0v) is 21.6. The Hall–Kier alpha value is -4.93. The number of rotatable bonds is 9. The van der Waals surface area contributed by atoms with Crippen LogP contribution in [0.5, 0.6) is 11.5 Å². The first-order chi connectivity index (χ1) is 19.2. The number of esters is 1. The van der Waals surface area contributed by atoms with Gasteiger partial charge in [0.1, 0.15) is 0 Å². The Morgan fingerprint density at radius 1 is 1.10 bits per heavy atom. The molecule has 0 saturated heterocycles. The molecule has 0 aliphatic carbocycles. The maximum Gasteiger partial charge on any atom is 0.416 e. The van der Waals surface area contributed by atoms with E-state index in [1.54, 1.807) is 42.5 Å². The number of alkyl halides is 3. The Bertz CT molecular complexity index is 1660. The normalized spacial score (nSPS) is 11.5. The molecule has 1 heterocycles. The molecule has 0 atom stereocenters. The number of aromatic nitrogens is 2. The van der Waals surface area contributed by atoms with Gasteiger partial charge in [0.05, 0.1) is 36.9 Å². The minimum atomic E-state index is -4.59. The fraction of sp³-hybridized carbons (Fsp3) is 0.172. The molecule has 8 nitrogen and oxygen atoms in total. The summed E-state index contributed by atoms with van der Waals surface area (Å²) in [5.41, 5.74) is 0.0190. The van der Waals surface area contributed by atoms with E-state index in [1.165, 1.54) is 32.6 Å². The number of hydrogen-bond donors (Lipinski definition) is 0. The lowest BCUT2D eigenvalue weighted by atomic mass is 10.1. The summed E-state index contributed by atoms with van der Waals surface area (Å²) in [5.74, 6) is -0.0594. The van der Waals surface area contributed by atoms with Gasteiger partial charge in [0.2, 0.25) is 0 Å². The van der Waals surface area contributed by atoms with Crippen molar-refractivity contribution in [2.24, 2.45) is 5.10 Å². The molecule has 1 aromatic heterocycles. The Kier molecular flexibility index (Phi) is 8.32. The number of benzene rings is 3. The fourth-order valence-electron chi connectivity index (χ4n) is 3.95. The number of halogens is 3. The minimum Gasteiger partial charge on any atom is -0.493 e. The number of hydrogen-bond acceptors (Lipinski definition) is 7. The molecular formula is C29H24F3N3O5. The van der Waals surface area contributed by atoms with Gasteiger partial charge in [-0.1, -0.05) is 30.3 Å². The van der Waals surface area contributed by atoms with E-state index in [0.717, 1.165) is 16.8 Å². The van der Waals surface area contributed by atoms with Gasteiger partial charge in [-0.05, 0) is 48.4 Å². The molecule has 0 radical (unpaired) electrons. The molecule has 206 valence electrons. The van der Waals surface area contributed by atoms with Crippen LogP contribution in [0.1, 0.15) is 16.7 Å². The van der Waals surface area contributed by atoms with Crippen LogP contribution in [0.25, 0.3) is 22.3 Å². The second-order valence-electron chi connectivity index (χ2n) is 8.46. The molecule has 0 fully saturated rings. The zero-order chi connectivity index (χ0) is 28.9. The molecule has 0 spiro atoms. The lowest BCUT2D eigenvalue weighted by Gasteiger charge is -2.15. The highest BCUT2D eigenvalue weighted by Gasteiger charge is 2.31. The predicted molar refractivity (Wildman–Crippen MR) is 144 cm³/mol. The summed E-state index contributed by atoms with van der Waals surface area (Å²) < 4.78 is 57.0. The van der Waals surface area contributed by atoms with Crippen molar-refractivity contribution in [1.82, 2.24) is 9.66 Å². The minimum absolute atomic E-state index is 0.0614. The maximum atomic E-state index is 13.4. The van der Waals surface area contributed by atoms with E-state index in [4.69, 9.17) is 9.47 Å². The third kappa shape index (κ3) is 6.04. The number of allylic oxidation sites excluding steroid dienone is 1. The number of carbonyl (C=O) groups excluding carboxylic acids is 1. The van der Waals surface area contributed by atoms with Gasteiger partial charge in [0.15, 0.2) is 23.9 Å². The number of ether oxygens (including phenoxy) is 3. The lowest BCUT2D eigenvalue weighted by molar-refractivity contribution is -0.143. The van der Waals surface area contributed by atoms with E-state index < -0.39 is 23.3 Å². The highest BCUT2D eigenvalue weighted by Crippen LogP contribution is 2.34. The Morgan fingerprint density at radius 2 is 1.88 bits per heavy atom. The van der Waals surface area contributed by atoms with Crippen molar-refractivity contribution < 1.29 is 32.2 Å². The average Bonchev–Trinajstić information content (AvgIpc) is 2.95. The van der Waals surface area contributed by atoms with Crippen LogP contribution < -0.4 is 15.0 Å². The van der Waals surface area contributed by atoms with Crippen molar-refractivity contribution >= 4 is 23.1 Å². The van der Waals surface area contributed by atoms with Crippen LogP contribution in [0, 0.1) is 0 Å².